The maximum atomic E-state index is 12.4. The van der Waals surface area contributed by atoms with Crippen LogP contribution in [0.3, 0.4) is 0 Å². The van der Waals surface area contributed by atoms with Gasteiger partial charge in [0, 0.05) is 0 Å². The topological polar surface area (TPSA) is 67.8 Å². The van der Waals surface area contributed by atoms with Crippen LogP contribution in [0.5, 0.6) is 5.75 Å². The van der Waals surface area contributed by atoms with E-state index in [9.17, 15) is 8.42 Å². The van der Waals surface area contributed by atoms with Crippen molar-refractivity contribution in [2.45, 2.75) is 25.7 Å². The number of nitrogens with one attached hydrogen (secondary N) is 1. The molecule has 0 saturated heterocycles. The summed E-state index contributed by atoms with van der Waals surface area (Å²) in [5.41, 5.74) is 3.17. The Morgan fingerprint density at radius 2 is 1.74 bits per heavy atom. The maximum absolute atomic E-state index is 12.4. The predicted molar refractivity (Wildman–Crippen MR) is 91.6 cm³/mol. The minimum Gasteiger partial charge on any atom is -0.497 e. The largest absolute Gasteiger partial charge is 0.497 e. The molecule has 0 fully saturated rings. The number of ether oxygens (including phenoxy) is 1. The Labute approximate surface area is 137 Å². The highest BCUT2D eigenvalue weighted by Crippen LogP contribution is 2.21. The summed E-state index contributed by atoms with van der Waals surface area (Å²) >= 11 is 0. The average Bonchev–Trinajstić information content (AvgIpc) is 2.45. The second-order valence-corrected chi connectivity index (χ2v) is 6.96. The lowest BCUT2D eigenvalue weighted by atomic mass is 10.1. The number of hydrogen-bond acceptors (Lipinski definition) is 4. The molecule has 2 rings (SSSR count). The van der Waals surface area contributed by atoms with Crippen LogP contribution in [0, 0.1) is 20.8 Å². The van der Waals surface area contributed by atoms with E-state index in [1.54, 1.807) is 33.1 Å². The van der Waals surface area contributed by atoms with Gasteiger partial charge in [-0.05, 0) is 49.6 Å². The molecule has 122 valence electrons. The van der Waals surface area contributed by atoms with Crippen LogP contribution >= 0.6 is 0 Å². The summed E-state index contributed by atoms with van der Waals surface area (Å²) in [4.78, 5) is 2.53. The van der Waals surface area contributed by atoms with Crippen molar-refractivity contribution >= 4 is 16.2 Å². The fraction of sp³-hybridized carbons (Fsp3) is 0.235. The summed E-state index contributed by atoms with van der Waals surface area (Å²) in [6, 6.07) is 10.9. The summed E-state index contributed by atoms with van der Waals surface area (Å²) in [6.45, 7) is 5.49. The van der Waals surface area contributed by atoms with Crippen LogP contribution in [-0.4, -0.2) is 21.7 Å². The molecular formula is C17H20N2O3S. The van der Waals surface area contributed by atoms with E-state index in [1.807, 2.05) is 31.2 Å². The first-order valence-corrected chi connectivity index (χ1v) is 8.58. The molecule has 0 aliphatic carbocycles. The normalized spacial score (nSPS) is 11.7. The van der Waals surface area contributed by atoms with E-state index in [1.165, 1.54) is 6.21 Å². The number of rotatable bonds is 5. The van der Waals surface area contributed by atoms with Gasteiger partial charge >= 0.3 is 0 Å². The van der Waals surface area contributed by atoms with E-state index in [4.69, 9.17) is 4.74 Å². The Morgan fingerprint density at radius 1 is 1.09 bits per heavy atom. The second-order valence-electron chi connectivity index (χ2n) is 5.36. The Bertz CT molecular complexity index is 820. The molecule has 5 nitrogen and oxygen atoms in total. The van der Waals surface area contributed by atoms with Gasteiger partial charge in [0.25, 0.3) is 10.0 Å². The van der Waals surface area contributed by atoms with E-state index in [0.717, 1.165) is 11.1 Å². The van der Waals surface area contributed by atoms with Crippen LogP contribution in [0.2, 0.25) is 0 Å². The van der Waals surface area contributed by atoms with E-state index >= 15 is 0 Å². The highest BCUT2D eigenvalue weighted by Gasteiger charge is 2.18. The molecule has 0 radical (unpaired) electrons. The third kappa shape index (κ3) is 4.10. The van der Waals surface area contributed by atoms with Gasteiger partial charge in [0.15, 0.2) is 0 Å². The monoisotopic (exact) mass is 332 g/mol. The maximum Gasteiger partial charge on any atom is 0.277 e. The molecule has 1 N–H and O–H groups in total. The van der Waals surface area contributed by atoms with Crippen molar-refractivity contribution in [3.63, 3.8) is 0 Å². The van der Waals surface area contributed by atoms with Gasteiger partial charge in [-0.3, -0.25) is 0 Å². The van der Waals surface area contributed by atoms with Gasteiger partial charge < -0.3 is 4.74 Å². The smallest absolute Gasteiger partial charge is 0.277 e. The Balaban J connectivity index is 2.24. The van der Waals surface area contributed by atoms with E-state index in [0.29, 0.717) is 16.9 Å². The molecule has 0 saturated carbocycles. The lowest BCUT2D eigenvalue weighted by Gasteiger charge is -2.11. The molecule has 6 heteroatoms. The first kappa shape index (κ1) is 17.0. The minimum absolute atomic E-state index is 0.269. The molecule has 0 amide bonds. The van der Waals surface area contributed by atoms with Gasteiger partial charge in [-0.1, -0.05) is 29.8 Å². The predicted octanol–water partition coefficient (Wildman–Crippen LogP) is 2.93. The fourth-order valence-corrected chi connectivity index (χ4v) is 3.78. The summed E-state index contributed by atoms with van der Waals surface area (Å²) < 4.78 is 30.0. The molecule has 0 aliphatic rings. The Morgan fingerprint density at radius 3 is 2.35 bits per heavy atom. The molecule has 2 aromatic carbocycles. The molecular weight excluding hydrogens is 312 g/mol. The molecule has 23 heavy (non-hydrogen) atoms. The summed E-state index contributed by atoms with van der Waals surface area (Å²) in [5, 5.41) is 3.85. The highest BCUT2D eigenvalue weighted by molar-refractivity contribution is 7.89. The third-order valence-electron chi connectivity index (χ3n) is 3.35. The summed E-state index contributed by atoms with van der Waals surface area (Å²) in [6.07, 6.45) is 1.44. The zero-order valence-electron chi connectivity index (χ0n) is 13.6. The number of benzene rings is 2. The van der Waals surface area contributed by atoms with E-state index in [2.05, 4.69) is 9.93 Å². The average molecular weight is 332 g/mol. The van der Waals surface area contributed by atoms with Crippen molar-refractivity contribution in [2.75, 3.05) is 7.11 Å². The fourth-order valence-electron chi connectivity index (χ4n) is 2.53. The molecule has 2 aromatic rings. The van der Waals surface area contributed by atoms with Gasteiger partial charge in [0.05, 0.1) is 18.2 Å². The lowest BCUT2D eigenvalue weighted by molar-refractivity contribution is 0.415. The molecule has 0 bridgehead atoms. The molecule has 0 heterocycles. The SMILES string of the molecule is COc1cccc(/C=N/NS(=O)(=O)c2c(C)cc(C)cc2C)c1. The summed E-state index contributed by atoms with van der Waals surface area (Å²) in [7, 11) is -2.13. The van der Waals surface area contributed by atoms with Crippen molar-refractivity contribution in [3.05, 3.63) is 58.7 Å². The highest BCUT2D eigenvalue weighted by atomic mass is 32.2. The van der Waals surface area contributed by atoms with Crippen LogP contribution in [0.4, 0.5) is 0 Å². The van der Waals surface area contributed by atoms with Crippen LogP contribution < -0.4 is 9.57 Å². The zero-order valence-corrected chi connectivity index (χ0v) is 14.4. The van der Waals surface area contributed by atoms with Crippen molar-refractivity contribution < 1.29 is 13.2 Å². The number of hydrogen-bond donors (Lipinski definition) is 1. The van der Waals surface area contributed by atoms with Gasteiger partial charge in [-0.15, -0.1) is 0 Å². The zero-order chi connectivity index (χ0) is 17.0. The van der Waals surface area contributed by atoms with Crippen molar-refractivity contribution in [3.8, 4) is 5.75 Å². The quantitative estimate of drug-likeness (QED) is 0.676. The van der Waals surface area contributed by atoms with Gasteiger partial charge in [-0.25, -0.2) is 4.83 Å². The Hall–Kier alpha value is -2.34. The van der Waals surface area contributed by atoms with Crippen LogP contribution in [0.1, 0.15) is 22.3 Å². The Kier molecular flexibility index (Phi) is 5.05. The molecule has 0 aliphatic heterocycles. The lowest BCUT2D eigenvalue weighted by Crippen LogP contribution is -2.20. The number of sulfonamides is 1. The molecule has 0 spiro atoms. The molecule has 0 unspecified atom stereocenters. The van der Waals surface area contributed by atoms with Crippen molar-refractivity contribution in [1.29, 1.82) is 0 Å². The molecule has 0 aromatic heterocycles. The number of hydrazone groups is 1. The first-order chi connectivity index (χ1) is 10.8. The van der Waals surface area contributed by atoms with E-state index in [-0.39, 0.29) is 4.90 Å². The minimum atomic E-state index is -3.70. The van der Waals surface area contributed by atoms with Crippen LogP contribution in [0.15, 0.2) is 46.4 Å². The van der Waals surface area contributed by atoms with Crippen molar-refractivity contribution in [1.82, 2.24) is 4.83 Å². The molecule has 0 atom stereocenters. The number of nitrogens with zero attached hydrogens (tertiary/aromatic N) is 1. The van der Waals surface area contributed by atoms with Crippen LogP contribution in [-0.2, 0) is 10.0 Å². The van der Waals surface area contributed by atoms with Crippen molar-refractivity contribution in [2.24, 2.45) is 5.10 Å². The number of aryl methyl sites for hydroxylation is 3. The van der Waals surface area contributed by atoms with E-state index < -0.39 is 10.0 Å². The van der Waals surface area contributed by atoms with Gasteiger partial charge in [-0.2, -0.15) is 13.5 Å². The first-order valence-electron chi connectivity index (χ1n) is 7.10. The van der Waals surface area contributed by atoms with Gasteiger partial charge in [0.2, 0.25) is 0 Å². The second kappa shape index (κ2) is 6.83. The van der Waals surface area contributed by atoms with Crippen LogP contribution in [0.25, 0.3) is 0 Å². The standard InChI is InChI=1S/C17H20N2O3S/c1-12-8-13(2)17(14(3)9-12)23(20,21)19-18-11-15-6-5-7-16(10-15)22-4/h5-11,19H,1-4H3/b18-11+. The van der Waals surface area contributed by atoms with Gasteiger partial charge in [0.1, 0.15) is 5.75 Å². The third-order valence-corrected chi connectivity index (χ3v) is 4.88. The number of methoxy groups -OCH3 is 1. The summed E-state index contributed by atoms with van der Waals surface area (Å²) in [5.74, 6) is 0.682.